The van der Waals surface area contributed by atoms with Crippen molar-refractivity contribution < 1.29 is 9.53 Å². The van der Waals surface area contributed by atoms with E-state index in [0.29, 0.717) is 22.2 Å². The first-order chi connectivity index (χ1) is 9.13. The predicted octanol–water partition coefficient (Wildman–Crippen LogP) is 3.57. The predicted molar refractivity (Wildman–Crippen MR) is 75.4 cm³/mol. The Kier molecular flexibility index (Phi) is 3.16. The summed E-state index contributed by atoms with van der Waals surface area (Å²) in [6.07, 6.45) is 0.879. The molecule has 0 saturated carbocycles. The third-order valence-corrected chi connectivity index (χ3v) is 3.36. The average molecular weight is 340 g/mol. The van der Waals surface area contributed by atoms with E-state index in [2.05, 4.69) is 26.2 Å². The summed E-state index contributed by atoms with van der Waals surface area (Å²) in [6.45, 7) is 0. The van der Waals surface area contributed by atoms with Gasteiger partial charge in [-0.1, -0.05) is 23.7 Å². The van der Waals surface area contributed by atoms with Gasteiger partial charge in [0.25, 0.3) is 5.91 Å². The standard InChI is InChI=1S/C13H8BrClN2O2/c14-8-5-10-12(16-6-8)17-13(18)11(19-10)7-2-1-3-9(15)4-7/h1-6,11H,(H,16,17,18). The lowest BCUT2D eigenvalue weighted by Gasteiger charge is -2.25. The molecule has 0 aliphatic carbocycles. The Morgan fingerprint density at radius 1 is 1.37 bits per heavy atom. The molecule has 3 rings (SSSR count). The normalized spacial score (nSPS) is 17.4. The maximum atomic E-state index is 12.0. The molecule has 1 amide bonds. The lowest BCUT2D eigenvalue weighted by molar-refractivity contribution is -0.123. The Balaban J connectivity index is 1.99. The summed E-state index contributed by atoms with van der Waals surface area (Å²) in [4.78, 5) is 16.1. The summed E-state index contributed by atoms with van der Waals surface area (Å²) in [7, 11) is 0. The van der Waals surface area contributed by atoms with Crippen molar-refractivity contribution in [1.29, 1.82) is 0 Å². The molecule has 1 aromatic carbocycles. The minimum Gasteiger partial charge on any atom is -0.472 e. The van der Waals surface area contributed by atoms with Crippen LogP contribution in [0.4, 0.5) is 5.82 Å². The number of halogens is 2. The summed E-state index contributed by atoms with van der Waals surface area (Å²) < 4.78 is 6.49. The molecule has 2 heterocycles. The van der Waals surface area contributed by atoms with Gasteiger partial charge in [0.15, 0.2) is 11.6 Å². The van der Waals surface area contributed by atoms with Crippen LogP contribution < -0.4 is 10.1 Å². The van der Waals surface area contributed by atoms with Gasteiger partial charge in [0.1, 0.15) is 0 Å². The van der Waals surface area contributed by atoms with E-state index in [0.717, 1.165) is 4.47 Å². The van der Waals surface area contributed by atoms with Crippen molar-refractivity contribution in [2.45, 2.75) is 6.10 Å². The first kappa shape index (κ1) is 12.4. The molecule has 0 fully saturated rings. The number of carbonyl (C=O) groups is 1. The Bertz CT molecular complexity index is 663. The van der Waals surface area contributed by atoms with Crippen molar-refractivity contribution in [3.05, 3.63) is 51.6 Å². The largest absolute Gasteiger partial charge is 0.472 e. The lowest BCUT2D eigenvalue weighted by atomic mass is 10.1. The van der Waals surface area contributed by atoms with Gasteiger partial charge in [-0.3, -0.25) is 4.79 Å². The van der Waals surface area contributed by atoms with Crippen LogP contribution in [0.2, 0.25) is 5.02 Å². The van der Waals surface area contributed by atoms with Gasteiger partial charge >= 0.3 is 0 Å². The quantitative estimate of drug-likeness (QED) is 0.864. The van der Waals surface area contributed by atoms with Crippen LogP contribution in [0, 0.1) is 0 Å². The minimum absolute atomic E-state index is 0.260. The van der Waals surface area contributed by atoms with Crippen LogP contribution in [0.1, 0.15) is 11.7 Å². The zero-order valence-electron chi connectivity index (χ0n) is 9.56. The molecule has 4 nitrogen and oxygen atoms in total. The van der Waals surface area contributed by atoms with Crippen molar-refractivity contribution >= 4 is 39.3 Å². The molecule has 0 saturated heterocycles. The third kappa shape index (κ3) is 2.43. The number of anilines is 1. The first-order valence-corrected chi connectivity index (χ1v) is 6.69. The number of hydrogen-bond donors (Lipinski definition) is 1. The lowest BCUT2D eigenvalue weighted by Crippen LogP contribution is -2.30. The van der Waals surface area contributed by atoms with E-state index < -0.39 is 6.10 Å². The van der Waals surface area contributed by atoms with Crippen LogP contribution in [0.15, 0.2) is 41.0 Å². The molecule has 0 radical (unpaired) electrons. The fourth-order valence-corrected chi connectivity index (χ4v) is 2.37. The van der Waals surface area contributed by atoms with E-state index in [1.807, 2.05) is 0 Å². The third-order valence-electron chi connectivity index (χ3n) is 2.70. The Hall–Kier alpha value is -1.59. The molecular weight excluding hydrogens is 332 g/mol. The Morgan fingerprint density at radius 2 is 2.21 bits per heavy atom. The van der Waals surface area contributed by atoms with Crippen LogP contribution in [0.5, 0.6) is 5.75 Å². The number of amides is 1. The SMILES string of the molecule is O=C1Nc2ncc(Br)cc2OC1c1cccc(Cl)c1. The molecule has 1 aromatic heterocycles. The van der Waals surface area contributed by atoms with Crippen LogP contribution in [-0.4, -0.2) is 10.9 Å². The highest BCUT2D eigenvalue weighted by Gasteiger charge is 2.30. The fraction of sp³-hybridized carbons (Fsp3) is 0.0769. The van der Waals surface area contributed by atoms with Gasteiger partial charge in [-0.05, 0) is 34.1 Å². The van der Waals surface area contributed by atoms with Crippen molar-refractivity contribution in [2.24, 2.45) is 0 Å². The van der Waals surface area contributed by atoms with Crippen LogP contribution in [0.25, 0.3) is 0 Å². The van der Waals surface area contributed by atoms with Gasteiger partial charge < -0.3 is 10.1 Å². The summed E-state index contributed by atoms with van der Waals surface area (Å²) in [5, 5.41) is 3.28. The van der Waals surface area contributed by atoms with E-state index in [-0.39, 0.29) is 5.91 Å². The number of nitrogens with zero attached hydrogens (tertiary/aromatic N) is 1. The topological polar surface area (TPSA) is 51.2 Å². The average Bonchev–Trinajstić information content (AvgIpc) is 2.38. The first-order valence-electron chi connectivity index (χ1n) is 5.52. The molecule has 19 heavy (non-hydrogen) atoms. The van der Waals surface area contributed by atoms with E-state index >= 15 is 0 Å². The van der Waals surface area contributed by atoms with E-state index in [1.165, 1.54) is 0 Å². The maximum Gasteiger partial charge on any atom is 0.271 e. The van der Waals surface area contributed by atoms with Crippen LogP contribution in [0.3, 0.4) is 0 Å². The van der Waals surface area contributed by atoms with Crippen molar-refractivity contribution in [3.8, 4) is 5.75 Å². The number of aromatic nitrogens is 1. The Morgan fingerprint density at radius 3 is 3.00 bits per heavy atom. The van der Waals surface area contributed by atoms with Crippen molar-refractivity contribution in [3.63, 3.8) is 0 Å². The smallest absolute Gasteiger partial charge is 0.271 e. The van der Waals surface area contributed by atoms with Gasteiger partial charge in [-0.25, -0.2) is 4.98 Å². The minimum atomic E-state index is -0.720. The number of pyridine rings is 1. The molecule has 96 valence electrons. The highest BCUT2D eigenvalue weighted by molar-refractivity contribution is 9.10. The zero-order valence-corrected chi connectivity index (χ0v) is 11.9. The highest BCUT2D eigenvalue weighted by atomic mass is 79.9. The van der Waals surface area contributed by atoms with Gasteiger partial charge in [-0.15, -0.1) is 0 Å². The molecule has 2 aromatic rings. The second-order valence-corrected chi connectivity index (χ2v) is 5.39. The number of rotatable bonds is 1. The summed E-state index contributed by atoms with van der Waals surface area (Å²) in [5.74, 6) is 0.690. The van der Waals surface area contributed by atoms with E-state index in [1.54, 1.807) is 36.5 Å². The number of hydrogen-bond acceptors (Lipinski definition) is 3. The number of ether oxygens (including phenoxy) is 1. The number of nitrogens with one attached hydrogen (secondary N) is 1. The molecule has 1 aliphatic rings. The monoisotopic (exact) mass is 338 g/mol. The van der Waals surface area contributed by atoms with Crippen LogP contribution in [-0.2, 0) is 4.79 Å². The van der Waals surface area contributed by atoms with Gasteiger partial charge in [0.05, 0.1) is 0 Å². The zero-order chi connectivity index (χ0) is 13.4. The molecule has 1 N–H and O–H groups in total. The number of benzene rings is 1. The van der Waals surface area contributed by atoms with E-state index in [9.17, 15) is 4.79 Å². The molecule has 6 heteroatoms. The summed E-state index contributed by atoms with van der Waals surface area (Å²) in [5.41, 5.74) is 0.704. The van der Waals surface area contributed by atoms with Crippen LogP contribution >= 0.6 is 27.5 Å². The maximum absolute atomic E-state index is 12.0. The molecular formula is C13H8BrClN2O2. The molecule has 0 spiro atoms. The molecule has 1 aliphatic heterocycles. The van der Waals surface area contributed by atoms with E-state index in [4.69, 9.17) is 16.3 Å². The summed E-state index contributed by atoms with van der Waals surface area (Å²) in [6, 6.07) is 8.80. The molecule has 1 unspecified atom stereocenters. The number of carbonyl (C=O) groups excluding carboxylic acids is 1. The molecule has 0 bridgehead atoms. The molecule has 1 atom stereocenters. The highest BCUT2D eigenvalue weighted by Crippen LogP contribution is 2.35. The second kappa shape index (κ2) is 4.83. The Labute approximate surface area is 122 Å². The van der Waals surface area contributed by atoms with Gasteiger partial charge in [-0.2, -0.15) is 0 Å². The van der Waals surface area contributed by atoms with Crippen molar-refractivity contribution in [1.82, 2.24) is 4.98 Å². The fourth-order valence-electron chi connectivity index (χ4n) is 1.86. The van der Waals surface area contributed by atoms with Gasteiger partial charge in [0, 0.05) is 21.3 Å². The van der Waals surface area contributed by atoms with Crippen molar-refractivity contribution in [2.75, 3.05) is 5.32 Å². The summed E-state index contributed by atoms with van der Waals surface area (Å²) >= 11 is 9.25. The second-order valence-electron chi connectivity index (χ2n) is 4.04. The van der Waals surface area contributed by atoms with Gasteiger partial charge in [0.2, 0.25) is 6.10 Å². The number of fused-ring (bicyclic) bond motifs is 1.